The van der Waals surface area contributed by atoms with Crippen molar-refractivity contribution in [3.8, 4) is 5.75 Å². The highest BCUT2D eigenvalue weighted by Gasteiger charge is 2.27. The Morgan fingerprint density at radius 1 is 1.33 bits per heavy atom. The third-order valence-electron chi connectivity index (χ3n) is 3.18. The van der Waals surface area contributed by atoms with Crippen molar-refractivity contribution < 1.29 is 9.84 Å². The molecule has 0 radical (unpaired) electrons. The number of nitrogen functional groups attached to an aromatic ring is 1. The number of nitrogens with zero attached hydrogens (tertiary/aromatic N) is 2. The van der Waals surface area contributed by atoms with Crippen LogP contribution in [0.2, 0.25) is 0 Å². The predicted molar refractivity (Wildman–Crippen MR) is 70.4 cm³/mol. The maximum Gasteiger partial charge on any atom is 0.205 e. The van der Waals surface area contributed by atoms with Crippen molar-refractivity contribution in [1.82, 2.24) is 9.97 Å². The molecule has 1 heterocycles. The summed E-state index contributed by atoms with van der Waals surface area (Å²) in [5, 5.41) is 12.8. The normalized spacial score (nSPS) is 11.2. The summed E-state index contributed by atoms with van der Waals surface area (Å²) in [5.41, 5.74) is 2.02. The third-order valence-corrected chi connectivity index (χ3v) is 3.18. The van der Waals surface area contributed by atoms with E-state index in [-0.39, 0.29) is 6.61 Å². The van der Waals surface area contributed by atoms with Crippen LogP contribution in [0.3, 0.4) is 0 Å². The van der Waals surface area contributed by atoms with Crippen molar-refractivity contribution in [2.45, 2.75) is 32.2 Å². The first-order chi connectivity index (χ1) is 8.66. The Labute approximate surface area is 107 Å². The van der Waals surface area contributed by atoms with E-state index in [1.54, 1.807) is 0 Å². The van der Waals surface area contributed by atoms with E-state index in [9.17, 15) is 5.11 Å². The second kappa shape index (κ2) is 6.36. The summed E-state index contributed by atoms with van der Waals surface area (Å²) >= 11 is 0. The van der Waals surface area contributed by atoms with Crippen LogP contribution in [-0.4, -0.2) is 34.3 Å². The van der Waals surface area contributed by atoms with Crippen LogP contribution in [0.1, 0.15) is 26.7 Å². The molecule has 0 unspecified atom stereocenters. The molecule has 102 valence electrons. The Kier molecular flexibility index (Phi) is 5.11. The number of aromatic nitrogens is 2. The minimum atomic E-state index is -0.423. The van der Waals surface area contributed by atoms with Gasteiger partial charge in [0.15, 0.2) is 11.6 Å². The first-order valence-electron chi connectivity index (χ1n) is 5.91. The molecule has 0 aliphatic heterocycles. The van der Waals surface area contributed by atoms with Crippen LogP contribution in [0.5, 0.6) is 5.75 Å². The van der Waals surface area contributed by atoms with E-state index < -0.39 is 5.54 Å². The SMILES string of the molecule is CCC(CC)(CO)Nc1ncnc(NN)c1OC. The maximum atomic E-state index is 9.54. The first-order valence-corrected chi connectivity index (χ1v) is 5.91. The number of nitrogens with one attached hydrogen (secondary N) is 2. The van der Waals surface area contributed by atoms with Gasteiger partial charge in [-0.05, 0) is 12.8 Å². The number of hydrazine groups is 1. The van der Waals surface area contributed by atoms with Crippen molar-refractivity contribution in [3.05, 3.63) is 6.33 Å². The van der Waals surface area contributed by atoms with E-state index in [2.05, 4.69) is 20.7 Å². The lowest BCUT2D eigenvalue weighted by molar-refractivity contribution is 0.201. The lowest BCUT2D eigenvalue weighted by Crippen LogP contribution is -2.41. The van der Waals surface area contributed by atoms with Crippen LogP contribution in [0, 0.1) is 0 Å². The minimum absolute atomic E-state index is 0.0124. The Hall–Kier alpha value is -1.60. The van der Waals surface area contributed by atoms with Crippen molar-refractivity contribution in [2.24, 2.45) is 5.84 Å². The molecule has 0 amide bonds. The minimum Gasteiger partial charge on any atom is -0.490 e. The number of aliphatic hydroxyl groups excluding tert-OH is 1. The maximum absolute atomic E-state index is 9.54. The van der Waals surface area contributed by atoms with Crippen LogP contribution in [-0.2, 0) is 0 Å². The van der Waals surface area contributed by atoms with E-state index in [0.717, 1.165) is 12.8 Å². The average Bonchev–Trinajstić information content (AvgIpc) is 2.44. The quantitative estimate of drug-likeness (QED) is 0.420. The molecule has 1 rings (SSSR count). The molecule has 18 heavy (non-hydrogen) atoms. The summed E-state index contributed by atoms with van der Waals surface area (Å²) in [7, 11) is 1.52. The van der Waals surface area contributed by atoms with Gasteiger partial charge in [0.2, 0.25) is 5.75 Å². The van der Waals surface area contributed by atoms with Gasteiger partial charge in [0.05, 0.1) is 19.3 Å². The smallest absolute Gasteiger partial charge is 0.205 e. The van der Waals surface area contributed by atoms with E-state index in [1.807, 2.05) is 13.8 Å². The lowest BCUT2D eigenvalue weighted by Gasteiger charge is -2.31. The Bertz CT molecular complexity index is 373. The molecule has 0 fully saturated rings. The Balaban J connectivity index is 3.09. The fourth-order valence-electron chi connectivity index (χ4n) is 1.70. The molecule has 0 bridgehead atoms. The molecule has 0 atom stereocenters. The second-order valence-electron chi connectivity index (χ2n) is 4.02. The zero-order valence-corrected chi connectivity index (χ0v) is 11.0. The summed E-state index contributed by atoms with van der Waals surface area (Å²) in [6.45, 7) is 4.02. The molecule has 0 saturated carbocycles. The number of anilines is 2. The van der Waals surface area contributed by atoms with E-state index in [1.165, 1.54) is 13.4 Å². The zero-order valence-electron chi connectivity index (χ0n) is 11.0. The number of nitrogens with two attached hydrogens (primary N) is 1. The van der Waals surface area contributed by atoms with Gasteiger partial charge in [0.1, 0.15) is 6.33 Å². The third kappa shape index (κ3) is 2.80. The van der Waals surface area contributed by atoms with Crippen LogP contribution in [0.4, 0.5) is 11.6 Å². The van der Waals surface area contributed by atoms with Crippen molar-refractivity contribution in [2.75, 3.05) is 24.5 Å². The molecular weight excluding hydrogens is 234 g/mol. The molecule has 7 nitrogen and oxygen atoms in total. The fraction of sp³-hybridized carbons (Fsp3) is 0.636. The van der Waals surface area contributed by atoms with Crippen molar-refractivity contribution >= 4 is 11.6 Å². The number of ether oxygens (including phenoxy) is 1. The number of aliphatic hydroxyl groups is 1. The van der Waals surface area contributed by atoms with E-state index in [4.69, 9.17) is 10.6 Å². The molecule has 0 aliphatic carbocycles. The number of methoxy groups -OCH3 is 1. The monoisotopic (exact) mass is 255 g/mol. The predicted octanol–water partition coefficient (Wildman–Crippen LogP) is 0.734. The topological polar surface area (TPSA) is 105 Å². The van der Waals surface area contributed by atoms with Gasteiger partial charge in [-0.15, -0.1) is 0 Å². The summed E-state index contributed by atoms with van der Waals surface area (Å²) < 4.78 is 5.24. The summed E-state index contributed by atoms with van der Waals surface area (Å²) in [6.07, 6.45) is 2.91. The van der Waals surface area contributed by atoms with Crippen LogP contribution >= 0.6 is 0 Å². The Morgan fingerprint density at radius 3 is 2.39 bits per heavy atom. The molecular formula is C11H21N5O2. The van der Waals surface area contributed by atoms with E-state index >= 15 is 0 Å². The summed E-state index contributed by atoms with van der Waals surface area (Å²) in [5.74, 6) is 6.70. The fourth-order valence-corrected chi connectivity index (χ4v) is 1.70. The highest BCUT2D eigenvalue weighted by atomic mass is 16.5. The number of hydrogen-bond donors (Lipinski definition) is 4. The molecule has 5 N–H and O–H groups in total. The van der Waals surface area contributed by atoms with Crippen molar-refractivity contribution in [1.29, 1.82) is 0 Å². The number of rotatable bonds is 7. The van der Waals surface area contributed by atoms with Gasteiger partial charge < -0.3 is 20.6 Å². The molecule has 0 aliphatic rings. The van der Waals surface area contributed by atoms with E-state index in [0.29, 0.717) is 17.4 Å². The van der Waals surface area contributed by atoms with Crippen LogP contribution in [0.25, 0.3) is 0 Å². The van der Waals surface area contributed by atoms with Gasteiger partial charge in [0, 0.05) is 0 Å². The highest BCUT2D eigenvalue weighted by Crippen LogP contribution is 2.31. The second-order valence-corrected chi connectivity index (χ2v) is 4.02. The first kappa shape index (κ1) is 14.5. The molecule has 1 aromatic heterocycles. The standard InChI is InChI=1S/C11H21N5O2/c1-4-11(5-2,6-17)15-9-8(18-3)10(16-12)14-7-13-9/h7,17H,4-6,12H2,1-3H3,(H2,13,14,15,16). The molecule has 0 spiro atoms. The van der Waals surface area contributed by atoms with Gasteiger partial charge in [-0.25, -0.2) is 15.8 Å². The van der Waals surface area contributed by atoms with Gasteiger partial charge in [-0.1, -0.05) is 13.8 Å². The highest BCUT2D eigenvalue weighted by molar-refractivity contribution is 5.63. The number of hydrogen-bond acceptors (Lipinski definition) is 7. The molecule has 0 aromatic carbocycles. The summed E-state index contributed by atoms with van der Waals surface area (Å²) in [4.78, 5) is 8.09. The van der Waals surface area contributed by atoms with Gasteiger partial charge in [-0.3, -0.25) is 0 Å². The zero-order chi connectivity index (χ0) is 13.6. The van der Waals surface area contributed by atoms with Gasteiger partial charge >= 0.3 is 0 Å². The molecule has 7 heteroatoms. The Morgan fingerprint density at radius 2 is 1.94 bits per heavy atom. The van der Waals surface area contributed by atoms with Gasteiger partial charge in [0.25, 0.3) is 0 Å². The van der Waals surface area contributed by atoms with Crippen LogP contribution in [0.15, 0.2) is 6.33 Å². The molecule has 1 aromatic rings. The van der Waals surface area contributed by atoms with Crippen LogP contribution < -0.4 is 21.3 Å². The summed E-state index contributed by atoms with van der Waals surface area (Å²) in [6, 6.07) is 0. The largest absolute Gasteiger partial charge is 0.490 e. The van der Waals surface area contributed by atoms with Gasteiger partial charge in [-0.2, -0.15) is 0 Å². The molecule has 0 saturated heterocycles. The average molecular weight is 255 g/mol. The lowest BCUT2D eigenvalue weighted by atomic mass is 9.94. The van der Waals surface area contributed by atoms with Crippen molar-refractivity contribution in [3.63, 3.8) is 0 Å².